The standard InChI is InChI=1S/C16H15F3N2O2.2ClH/c17-16(18,19)10-23-15(22)13(20)9-11-4-6-12(7-5-11)14-3-1-2-8-21-14;;/h1-8,13H,9-10,20H2;2*1H/t13-;;/m0../s1. The van der Waals surface area contributed by atoms with E-state index in [1.807, 2.05) is 30.3 Å². The van der Waals surface area contributed by atoms with E-state index in [1.54, 1.807) is 18.3 Å². The molecule has 2 rings (SSSR count). The first-order valence-electron chi connectivity index (χ1n) is 6.84. The van der Waals surface area contributed by atoms with Gasteiger partial charge in [-0.1, -0.05) is 30.3 Å². The third-order valence-electron chi connectivity index (χ3n) is 3.05. The van der Waals surface area contributed by atoms with Crippen LogP contribution in [-0.2, 0) is 16.0 Å². The maximum atomic E-state index is 12.0. The van der Waals surface area contributed by atoms with Gasteiger partial charge in [-0.05, 0) is 24.1 Å². The Labute approximate surface area is 155 Å². The van der Waals surface area contributed by atoms with Crippen LogP contribution in [0, 0.1) is 0 Å². The van der Waals surface area contributed by atoms with Crippen molar-refractivity contribution in [2.45, 2.75) is 18.6 Å². The topological polar surface area (TPSA) is 65.2 Å². The zero-order chi connectivity index (χ0) is 16.9. The molecule has 25 heavy (non-hydrogen) atoms. The van der Waals surface area contributed by atoms with E-state index in [-0.39, 0.29) is 31.2 Å². The normalized spacial score (nSPS) is 11.7. The zero-order valence-electron chi connectivity index (χ0n) is 12.9. The van der Waals surface area contributed by atoms with Crippen LogP contribution in [0.25, 0.3) is 11.3 Å². The molecule has 9 heteroatoms. The fourth-order valence-electron chi connectivity index (χ4n) is 1.94. The molecule has 2 N–H and O–H groups in total. The summed E-state index contributed by atoms with van der Waals surface area (Å²) < 4.78 is 40.1. The van der Waals surface area contributed by atoms with Crippen molar-refractivity contribution < 1.29 is 22.7 Å². The molecule has 1 heterocycles. The third kappa shape index (κ3) is 7.72. The molecule has 0 spiro atoms. The first-order valence-corrected chi connectivity index (χ1v) is 6.84. The van der Waals surface area contributed by atoms with E-state index in [1.165, 1.54) is 0 Å². The van der Waals surface area contributed by atoms with E-state index in [2.05, 4.69) is 9.72 Å². The molecule has 0 radical (unpaired) electrons. The zero-order valence-corrected chi connectivity index (χ0v) is 14.5. The van der Waals surface area contributed by atoms with Crippen molar-refractivity contribution in [3.8, 4) is 11.3 Å². The number of rotatable bonds is 5. The summed E-state index contributed by atoms with van der Waals surface area (Å²) in [5, 5.41) is 0. The summed E-state index contributed by atoms with van der Waals surface area (Å²) in [7, 11) is 0. The van der Waals surface area contributed by atoms with Gasteiger partial charge in [0.25, 0.3) is 0 Å². The molecule has 0 fully saturated rings. The van der Waals surface area contributed by atoms with Gasteiger partial charge < -0.3 is 10.5 Å². The lowest BCUT2D eigenvalue weighted by Gasteiger charge is -2.13. The molecule has 0 aliphatic heterocycles. The Morgan fingerprint density at radius 2 is 1.76 bits per heavy atom. The van der Waals surface area contributed by atoms with Crippen molar-refractivity contribution in [2.75, 3.05) is 6.61 Å². The van der Waals surface area contributed by atoms with Gasteiger partial charge in [0.05, 0.1) is 5.69 Å². The molecule has 1 atom stereocenters. The molecule has 1 aromatic carbocycles. The highest BCUT2D eigenvalue weighted by Crippen LogP contribution is 2.18. The van der Waals surface area contributed by atoms with Crippen LogP contribution < -0.4 is 5.73 Å². The molecule has 1 aromatic heterocycles. The van der Waals surface area contributed by atoms with E-state index < -0.39 is 24.8 Å². The summed E-state index contributed by atoms with van der Waals surface area (Å²) in [4.78, 5) is 15.6. The van der Waals surface area contributed by atoms with E-state index in [4.69, 9.17) is 5.73 Å². The van der Waals surface area contributed by atoms with E-state index in [0.717, 1.165) is 16.8 Å². The first kappa shape index (κ1) is 23.2. The van der Waals surface area contributed by atoms with E-state index in [9.17, 15) is 18.0 Å². The van der Waals surface area contributed by atoms with Crippen molar-refractivity contribution in [1.29, 1.82) is 0 Å². The number of hydrogen-bond donors (Lipinski definition) is 1. The van der Waals surface area contributed by atoms with E-state index in [0.29, 0.717) is 0 Å². The predicted octanol–water partition coefficient (Wildman–Crippen LogP) is 3.57. The highest BCUT2D eigenvalue weighted by molar-refractivity contribution is 5.85. The van der Waals surface area contributed by atoms with Gasteiger partial charge in [-0.2, -0.15) is 13.2 Å². The van der Waals surface area contributed by atoms with Crippen molar-refractivity contribution in [3.05, 3.63) is 54.2 Å². The van der Waals surface area contributed by atoms with E-state index >= 15 is 0 Å². The molecule has 4 nitrogen and oxygen atoms in total. The first-order chi connectivity index (χ1) is 10.8. The summed E-state index contributed by atoms with van der Waals surface area (Å²) >= 11 is 0. The second-order valence-electron chi connectivity index (χ2n) is 4.95. The quantitative estimate of drug-likeness (QED) is 0.784. The molecule has 0 unspecified atom stereocenters. The highest BCUT2D eigenvalue weighted by Gasteiger charge is 2.30. The summed E-state index contributed by atoms with van der Waals surface area (Å²) in [5.41, 5.74) is 7.99. The monoisotopic (exact) mass is 396 g/mol. The third-order valence-corrected chi connectivity index (χ3v) is 3.05. The van der Waals surface area contributed by atoms with Crippen molar-refractivity contribution in [2.24, 2.45) is 5.73 Å². The minimum Gasteiger partial charge on any atom is -0.455 e. The number of esters is 1. The summed E-state index contributed by atoms with van der Waals surface area (Å²) in [6.07, 6.45) is -2.78. The maximum Gasteiger partial charge on any atom is 0.422 e. The maximum absolute atomic E-state index is 12.0. The Bertz CT molecular complexity index is 653. The smallest absolute Gasteiger partial charge is 0.422 e. The fourth-order valence-corrected chi connectivity index (χ4v) is 1.94. The minimum atomic E-state index is -4.56. The Hall–Kier alpha value is -1.83. The molecule has 0 saturated carbocycles. The Morgan fingerprint density at radius 3 is 2.28 bits per heavy atom. The molecular formula is C16H17Cl2F3N2O2. The van der Waals surface area contributed by atoms with Gasteiger partial charge in [0.15, 0.2) is 6.61 Å². The SMILES string of the molecule is Cl.Cl.N[C@@H](Cc1ccc(-c2ccccn2)cc1)C(=O)OCC(F)(F)F. The molecule has 0 bridgehead atoms. The summed E-state index contributed by atoms with van der Waals surface area (Å²) in [5.74, 6) is -1.07. The van der Waals surface area contributed by atoms with Gasteiger partial charge in [-0.25, -0.2) is 0 Å². The van der Waals surface area contributed by atoms with Crippen LogP contribution in [0.1, 0.15) is 5.56 Å². The van der Waals surface area contributed by atoms with Gasteiger partial charge in [0.1, 0.15) is 6.04 Å². The summed E-state index contributed by atoms with van der Waals surface area (Å²) in [6, 6.07) is 11.5. The van der Waals surface area contributed by atoms with Crippen molar-refractivity contribution in [3.63, 3.8) is 0 Å². The van der Waals surface area contributed by atoms with Crippen LogP contribution in [0.4, 0.5) is 13.2 Å². The average Bonchev–Trinajstić information content (AvgIpc) is 2.53. The van der Waals surface area contributed by atoms with Gasteiger partial charge in [0.2, 0.25) is 0 Å². The number of carbonyl (C=O) groups excluding carboxylic acids is 1. The number of aromatic nitrogens is 1. The molecular weight excluding hydrogens is 380 g/mol. The van der Waals surface area contributed by atoms with Crippen LogP contribution in [0.5, 0.6) is 0 Å². The second-order valence-corrected chi connectivity index (χ2v) is 4.95. The molecule has 0 aliphatic carbocycles. The fraction of sp³-hybridized carbons (Fsp3) is 0.250. The summed E-state index contributed by atoms with van der Waals surface area (Å²) in [6.45, 7) is -1.63. The molecule has 2 aromatic rings. The Balaban J connectivity index is 0.00000288. The highest BCUT2D eigenvalue weighted by atomic mass is 35.5. The number of pyridine rings is 1. The number of hydrogen-bond acceptors (Lipinski definition) is 4. The average molecular weight is 397 g/mol. The predicted molar refractivity (Wildman–Crippen MR) is 92.9 cm³/mol. The van der Waals surface area contributed by atoms with Gasteiger partial charge in [-0.3, -0.25) is 9.78 Å². The minimum absolute atomic E-state index is 0. The molecule has 138 valence electrons. The Morgan fingerprint density at radius 1 is 1.12 bits per heavy atom. The molecule has 0 aliphatic rings. The molecule has 0 amide bonds. The van der Waals surface area contributed by atoms with Crippen LogP contribution in [-0.4, -0.2) is 29.8 Å². The van der Waals surface area contributed by atoms with Crippen molar-refractivity contribution in [1.82, 2.24) is 4.98 Å². The second kappa shape index (κ2) is 10.2. The number of ether oxygens (including phenoxy) is 1. The lowest BCUT2D eigenvalue weighted by Crippen LogP contribution is -2.36. The van der Waals surface area contributed by atoms with Crippen LogP contribution in [0.2, 0.25) is 0 Å². The number of benzene rings is 1. The number of alkyl halides is 3. The molecule has 0 saturated heterocycles. The lowest BCUT2D eigenvalue weighted by atomic mass is 10.0. The van der Waals surface area contributed by atoms with Crippen molar-refractivity contribution >= 4 is 30.8 Å². The van der Waals surface area contributed by atoms with Crippen LogP contribution in [0.15, 0.2) is 48.7 Å². The number of nitrogens with zero attached hydrogens (tertiary/aromatic N) is 1. The van der Waals surface area contributed by atoms with Crippen LogP contribution >= 0.6 is 24.8 Å². The van der Waals surface area contributed by atoms with Crippen LogP contribution in [0.3, 0.4) is 0 Å². The lowest BCUT2D eigenvalue weighted by molar-refractivity contribution is -0.187. The Kier molecular flexibility index (Phi) is 9.48. The largest absolute Gasteiger partial charge is 0.455 e. The number of halogens is 5. The number of nitrogens with two attached hydrogens (primary N) is 1. The number of carbonyl (C=O) groups is 1. The van der Waals surface area contributed by atoms with Gasteiger partial charge in [-0.15, -0.1) is 24.8 Å². The van der Waals surface area contributed by atoms with Gasteiger partial charge in [0, 0.05) is 11.8 Å². The van der Waals surface area contributed by atoms with Gasteiger partial charge >= 0.3 is 12.1 Å².